The fourth-order valence-corrected chi connectivity index (χ4v) is 0.364. The standard InChI is InChI=1S/C4H8OS2.Na.H/c1-2-3-5-4(6)7;;/h2-3H2,1H3,(H,6,7);;/q;+1;-1. The van der Waals surface area contributed by atoms with Crippen LogP contribution >= 0.6 is 24.8 Å². The van der Waals surface area contributed by atoms with Crippen LogP contribution in [0.4, 0.5) is 0 Å². The van der Waals surface area contributed by atoms with Crippen LogP contribution in [0.2, 0.25) is 0 Å². The van der Waals surface area contributed by atoms with Gasteiger partial charge in [-0.25, -0.2) is 0 Å². The summed E-state index contributed by atoms with van der Waals surface area (Å²) in [6.45, 7) is 2.70. The van der Waals surface area contributed by atoms with Gasteiger partial charge in [-0.15, -0.1) is 0 Å². The molecule has 0 aromatic carbocycles. The Morgan fingerprint density at radius 2 is 2.38 bits per heavy atom. The van der Waals surface area contributed by atoms with Crippen LogP contribution in [0.3, 0.4) is 0 Å². The summed E-state index contributed by atoms with van der Waals surface area (Å²) >= 11 is 8.24. The smallest absolute Gasteiger partial charge is 1.00 e. The molecule has 0 saturated carbocycles. The van der Waals surface area contributed by atoms with E-state index >= 15 is 0 Å². The summed E-state index contributed by atoms with van der Waals surface area (Å²) in [5, 5.41) is 0. The van der Waals surface area contributed by atoms with Gasteiger partial charge in [-0.3, -0.25) is 0 Å². The molecule has 0 bridgehead atoms. The third-order valence-electron chi connectivity index (χ3n) is 0.430. The summed E-state index contributed by atoms with van der Waals surface area (Å²) in [4.78, 5) is 0. The first kappa shape index (κ1) is 12.0. The molecule has 0 atom stereocenters. The summed E-state index contributed by atoms with van der Waals surface area (Å²) in [6.07, 6.45) is 0.987. The van der Waals surface area contributed by atoms with Crippen LogP contribution in [0.1, 0.15) is 14.8 Å². The van der Waals surface area contributed by atoms with Crippen molar-refractivity contribution in [3.05, 3.63) is 0 Å². The zero-order chi connectivity index (χ0) is 5.70. The van der Waals surface area contributed by atoms with Crippen LogP contribution in [0.25, 0.3) is 0 Å². The molecule has 0 aromatic heterocycles. The van der Waals surface area contributed by atoms with E-state index in [-0.39, 0.29) is 31.0 Å². The van der Waals surface area contributed by atoms with Gasteiger partial charge in [0.05, 0.1) is 6.61 Å². The van der Waals surface area contributed by atoms with Crippen molar-refractivity contribution in [3.63, 3.8) is 0 Å². The van der Waals surface area contributed by atoms with Gasteiger partial charge in [-0.1, -0.05) is 19.6 Å². The molecule has 0 N–H and O–H groups in total. The molecular formula is C4H9NaOS2. The predicted octanol–water partition coefficient (Wildman–Crippen LogP) is -1.26. The molecule has 4 heteroatoms. The van der Waals surface area contributed by atoms with Crippen molar-refractivity contribution in [2.24, 2.45) is 0 Å². The number of hydrogen-bond acceptors (Lipinski definition) is 2. The Balaban J connectivity index is -0.000000180. The average Bonchev–Trinajstić information content (AvgIpc) is 1.61. The Hall–Kier alpha value is 1.24. The molecule has 0 unspecified atom stereocenters. The zero-order valence-corrected chi connectivity index (χ0v) is 8.89. The average molecular weight is 160 g/mol. The third kappa shape index (κ3) is 10.3. The van der Waals surface area contributed by atoms with Crippen molar-refractivity contribution >= 4 is 29.2 Å². The van der Waals surface area contributed by atoms with Gasteiger partial charge >= 0.3 is 29.6 Å². The first-order valence-electron chi connectivity index (χ1n) is 2.13. The Morgan fingerprint density at radius 3 is 2.50 bits per heavy atom. The summed E-state index contributed by atoms with van der Waals surface area (Å²) in [7, 11) is 0. The molecule has 0 fully saturated rings. The number of hydrogen-bond donors (Lipinski definition) is 1. The number of thiocarbonyl (C=S) groups is 1. The van der Waals surface area contributed by atoms with Gasteiger partial charge in [0.25, 0.3) is 0 Å². The molecule has 0 aliphatic heterocycles. The van der Waals surface area contributed by atoms with E-state index in [1.54, 1.807) is 0 Å². The van der Waals surface area contributed by atoms with E-state index in [4.69, 9.17) is 4.74 Å². The number of ether oxygens (including phenoxy) is 1. The van der Waals surface area contributed by atoms with Gasteiger partial charge < -0.3 is 6.16 Å². The van der Waals surface area contributed by atoms with Crippen molar-refractivity contribution in [2.45, 2.75) is 13.3 Å². The molecule has 0 aromatic rings. The van der Waals surface area contributed by atoms with E-state index in [1.165, 1.54) is 0 Å². The summed E-state index contributed by atoms with van der Waals surface area (Å²) < 4.78 is 5.12. The molecule has 0 rings (SSSR count). The molecule has 0 aliphatic rings. The van der Waals surface area contributed by atoms with Crippen LogP contribution in [0, 0.1) is 0 Å². The Morgan fingerprint density at radius 1 is 1.88 bits per heavy atom. The molecular weight excluding hydrogens is 151 g/mol. The second-order valence-electron chi connectivity index (χ2n) is 1.11. The van der Waals surface area contributed by atoms with Crippen LogP contribution < -0.4 is 29.6 Å². The van der Waals surface area contributed by atoms with E-state index in [0.29, 0.717) is 11.0 Å². The van der Waals surface area contributed by atoms with Gasteiger partial charge in [-0.2, -0.15) is 0 Å². The minimum absolute atomic E-state index is 0. The molecule has 0 spiro atoms. The molecule has 8 heavy (non-hydrogen) atoms. The quantitative estimate of drug-likeness (QED) is 0.307. The Bertz CT molecular complexity index is 71.6. The van der Waals surface area contributed by atoms with Crippen molar-refractivity contribution in [1.82, 2.24) is 0 Å². The second-order valence-corrected chi connectivity index (χ2v) is 2.19. The molecule has 0 radical (unpaired) electrons. The molecule has 0 saturated heterocycles. The summed E-state index contributed by atoms with van der Waals surface area (Å²) in [6, 6.07) is 0. The molecule has 1 nitrogen and oxygen atoms in total. The minimum Gasteiger partial charge on any atom is -1.00 e. The van der Waals surface area contributed by atoms with Crippen molar-refractivity contribution in [3.8, 4) is 0 Å². The predicted molar refractivity (Wildman–Crippen MR) is 38.9 cm³/mol. The number of rotatable bonds is 2. The van der Waals surface area contributed by atoms with Gasteiger partial charge in [-0.05, 0) is 18.6 Å². The van der Waals surface area contributed by atoms with E-state index in [9.17, 15) is 0 Å². The fourth-order valence-electron chi connectivity index (χ4n) is 0.189. The monoisotopic (exact) mass is 160 g/mol. The van der Waals surface area contributed by atoms with Crippen LogP contribution in [0.5, 0.6) is 0 Å². The molecule has 0 heterocycles. The Kier molecular flexibility index (Phi) is 12.3. The molecule has 44 valence electrons. The van der Waals surface area contributed by atoms with Crippen molar-refractivity contribution < 1.29 is 35.7 Å². The topological polar surface area (TPSA) is 9.23 Å². The maximum atomic E-state index is 4.79. The fraction of sp³-hybridized carbons (Fsp3) is 0.750. The van der Waals surface area contributed by atoms with E-state index in [2.05, 4.69) is 24.8 Å². The van der Waals surface area contributed by atoms with Crippen molar-refractivity contribution in [2.75, 3.05) is 6.61 Å². The SMILES string of the molecule is CCCOC(=S)S.[H-].[Na+]. The maximum absolute atomic E-state index is 4.79. The first-order chi connectivity index (χ1) is 3.27. The summed E-state index contributed by atoms with van der Waals surface area (Å²) in [5.41, 5.74) is 0. The van der Waals surface area contributed by atoms with Crippen LogP contribution in [-0.2, 0) is 4.74 Å². The molecule has 0 aliphatic carbocycles. The van der Waals surface area contributed by atoms with E-state index in [0.717, 1.165) is 6.42 Å². The third-order valence-corrected chi connectivity index (χ3v) is 0.677. The van der Waals surface area contributed by atoms with E-state index in [1.807, 2.05) is 6.92 Å². The van der Waals surface area contributed by atoms with Gasteiger partial charge in [0, 0.05) is 0 Å². The summed E-state index contributed by atoms with van der Waals surface area (Å²) in [5.74, 6) is 0. The largest absolute Gasteiger partial charge is 1.00 e. The van der Waals surface area contributed by atoms with Gasteiger partial charge in [0.2, 0.25) is 4.38 Å². The minimum atomic E-state index is 0. The second kappa shape index (κ2) is 8.24. The Labute approximate surface area is 84.4 Å². The van der Waals surface area contributed by atoms with Gasteiger partial charge in [0.15, 0.2) is 0 Å². The van der Waals surface area contributed by atoms with Gasteiger partial charge in [0.1, 0.15) is 0 Å². The zero-order valence-electron chi connectivity index (χ0n) is 6.18. The van der Waals surface area contributed by atoms with E-state index < -0.39 is 0 Å². The number of thiol groups is 1. The maximum Gasteiger partial charge on any atom is 1.00 e. The van der Waals surface area contributed by atoms with Crippen molar-refractivity contribution in [1.29, 1.82) is 0 Å². The normalized spacial score (nSPS) is 7.25. The van der Waals surface area contributed by atoms with Crippen LogP contribution in [0.15, 0.2) is 0 Å². The molecule has 0 amide bonds. The first-order valence-corrected chi connectivity index (χ1v) is 2.98. The van der Waals surface area contributed by atoms with Crippen LogP contribution in [-0.4, -0.2) is 11.0 Å².